The fraction of sp³-hybridized carbons (Fsp3) is 0.625. The quantitative estimate of drug-likeness (QED) is 0.568. The second kappa shape index (κ2) is 11.2. The van der Waals surface area contributed by atoms with Crippen LogP contribution in [0.4, 0.5) is 0 Å². The van der Waals surface area contributed by atoms with E-state index in [0.29, 0.717) is 0 Å². The Morgan fingerprint density at radius 2 is 1.95 bits per heavy atom. The second-order valence-corrected chi connectivity index (χ2v) is 6.08. The zero-order chi connectivity index (χ0) is 15.5. The van der Waals surface area contributed by atoms with Crippen LogP contribution in [0, 0.1) is 0 Å². The highest BCUT2D eigenvalue weighted by atomic mass is 79.9. The van der Waals surface area contributed by atoms with Gasteiger partial charge in [0.05, 0.1) is 6.61 Å². The van der Waals surface area contributed by atoms with E-state index < -0.39 is 0 Å². The molecule has 21 heavy (non-hydrogen) atoms. The van der Waals surface area contributed by atoms with Gasteiger partial charge in [-0.25, -0.2) is 0 Å². The van der Waals surface area contributed by atoms with Gasteiger partial charge in [0.15, 0.2) is 0 Å². The Labute approximate surface area is 138 Å². The first kappa shape index (κ1) is 18.7. The number of nitrogens with zero attached hydrogens (tertiary/aromatic N) is 1. The lowest BCUT2D eigenvalue weighted by Gasteiger charge is -2.28. The zero-order valence-electron chi connectivity index (χ0n) is 13.5. The summed E-state index contributed by atoms with van der Waals surface area (Å²) in [6.07, 6.45) is 3.38. The molecule has 0 aliphatic carbocycles. The molecule has 0 atom stereocenters. The maximum absolute atomic E-state index is 6.14. The summed E-state index contributed by atoms with van der Waals surface area (Å²) in [7, 11) is 1.75. The minimum Gasteiger partial charge on any atom is -0.418 e. The van der Waals surface area contributed by atoms with Gasteiger partial charge in [0.1, 0.15) is 0 Å². The number of benzene rings is 1. The molecule has 5 heteroatoms. The van der Waals surface area contributed by atoms with Crippen molar-refractivity contribution in [2.45, 2.75) is 33.1 Å². The van der Waals surface area contributed by atoms with Crippen LogP contribution in [0.2, 0.25) is 0 Å². The summed E-state index contributed by atoms with van der Waals surface area (Å²) < 4.78 is 12.5. The van der Waals surface area contributed by atoms with E-state index in [9.17, 15) is 0 Å². The zero-order valence-corrected chi connectivity index (χ0v) is 15.1. The van der Waals surface area contributed by atoms with Crippen LogP contribution in [0.1, 0.15) is 33.1 Å². The summed E-state index contributed by atoms with van der Waals surface area (Å²) in [6, 6.07) is 8.39. The SMILES string of the molecule is CCCCN(CCOC)B(OCCC)c1cccc(Br)c1. The van der Waals surface area contributed by atoms with Crippen molar-refractivity contribution in [3.8, 4) is 0 Å². The maximum atomic E-state index is 6.14. The van der Waals surface area contributed by atoms with Crippen LogP contribution in [0.5, 0.6) is 0 Å². The lowest BCUT2D eigenvalue weighted by Crippen LogP contribution is -2.52. The number of methoxy groups -OCH3 is 1. The molecule has 0 spiro atoms. The molecular formula is C16H27BBrNO2. The molecule has 0 saturated heterocycles. The summed E-state index contributed by atoms with van der Waals surface area (Å²) >= 11 is 3.55. The van der Waals surface area contributed by atoms with Crippen molar-refractivity contribution in [2.24, 2.45) is 0 Å². The summed E-state index contributed by atoms with van der Waals surface area (Å²) in [5.41, 5.74) is 1.20. The van der Waals surface area contributed by atoms with Gasteiger partial charge in [-0.1, -0.05) is 48.3 Å². The Morgan fingerprint density at radius 3 is 2.57 bits per heavy atom. The van der Waals surface area contributed by atoms with E-state index in [2.05, 4.69) is 52.8 Å². The van der Waals surface area contributed by atoms with Gasteiger partial charge in [-0.05, 0) is 37.0 Å². The molecule has 0 aromatic heterocycles. The Hall–Kier alpha value is -0.355. The number of rotatable bonds is 11. The van der Waals surface area contributed by atoms with Gasteiger partial charge in [0, 0.05) is 24.7 Å². The number of unbranched alkanes of at least 4 members (excludes halogenated alkanes) is 1. The molecule has 0 N–H and O–H groups in total. The smallest absolute Gasteiger partial charge is 0.418 e. The summed E-state index contributed by atoms with van der Waals surface area (Å²) in [4.78, 5) is 2.38. The third-order valence-electron chi connectivity index (χ3n) is 3.33. The van der Waals surface area contributed by atoms with Crippen molar-refractivity contribution >= 4 is 28.4 Å². The fourth-order valence-corrected chi connectivity index (χ4v) is 2.64. The number of hydrogen-bond donors (Lipinski definition) is 0. The Balaban J connectivity index is 2.88. The minimum absolute atomic E-state index is 0.00384. The van der Waals surface area contributed by atoms with Crippen molar-refractivity contribution in [3.05, 3.63) is 28.7 Å². The van der Waals surface area contributed by atoms with Crippen LogP contribution < -0.4 is 5.46 Å². The third-order valence-corrected chi connectivity index (χ3v) is 3.82. The maximum Gasteiger partial charge on any atom is 0.418 e. The number of hydrogen-bond acceptors (Lipinski definition) is 3. The minimum atomic E-state index is 0.00384. The van der Waals surface area contributed by atoms with E-state index in [-0.39, 0.29) is 7.05 Å². The van der Waals surface area contributed by atoms with Crippen LogP contribution >= 0.6 is 15.9 Å². The lowest BCUT2D eigenvalue weighted by molar-refractivity contribution is 0.166. The van der Waals surface area contributed by atoms with E-state index in [1.54, 1.807) is 7.11 Å². The van der Waals surface area contributed by atoms with Crippen LogP contribution in [-0.2, 0) is 9.39 Å². The van der Waals surface area contributed by atoms with Crippen molar-refractivity contribution in [2.75, 3.05) is 33.4 Å². The van der Waals surface area contributed by atoms with Crippen LogP contribution in [-0.4, -0.2) is 45.3 Å². The van der Waals surface area contributed by atoms with Crippen molar-refractivity contribution in [1.29, 1.82) is 0 Å². The summed E-state index contributed by atoms with van der Waals surface area (Å²) in [6.45, 7) is 7.77. The molecule has 0 radical (unpaired) electrons. The van der Waals surface area contributed by atoms with E-state index in [1.165, 1.54) is 18.3 Å². The monoisotopic (exact) mass is 355 g/mol. The fourth-order valence-electron chi connectivity index (χ4n) is 2.22. The molecule has 1 aromatic rings. The van der Waals surface area contributed by atoms with E-state index in [4.69, 9.17) is 9.39 Å². The predicted octanol–water partition coefficient (Wildman–Crippen LogP) is 3.32. The van der Waals surface area contributed by atoms with E-state index in [0.717, 1.165) is 37.2 Å². The van der Waals surface area contributed by atoms with Crippen LogP contribution in [0.25, 0.3) is 0 Å². The molecule has 0 bridgehead atoms. The van der Waals surface area contributed by atoms with Gasteiger partial charge in [0.25, 0.3) is 0 Å². The second-order valence-electron chi connectivity index (χ2n) is 5.16. The van der Waals surface area contributed by atoms with E-state index >= 15 is 0 Å². The van der Waals surface area contributed by atoms with Gasteiger partial charge in [0.2, 0.25) is 0 Å². The first-order valence-electron chi connectivity index (χ1n) is 7.83. The normalized spacial score (nSPS) is 11.1. The van der Waals surface area contributed by atoms with Gasteiger partial charge in [-0.3, -0.25) is 0 Å². The largest absolute Gasteiger partial charge is 0.418 e. The molecule has 0 aliphatic rings. The summed E-state index contributed by atoms with van der Waals surface area (Å²) in [5, 5.41) is 0. The highest BCUT2D eigenvalue weighted by Crippen LogP contribution is 2.09. The van der Waals surface area contributed by atoms with Crippen molar-refractivity contribution in [3.63, 3.8) is 0 Å². The molecule has 0 amide bonds. The van der Waals surface area contributed by atoms with E-state index in [1.807, 2.05) is 6.07 Å². The molecule has 0 unspecified atom stereocenters. The molecule has 118 valence electrons. The summed E-state index contributed by atoms with van der Waals surface area (Å²) in [5.74, 6) is 0. The number of halogens is 1. The average Bonchev–Trinajstić information content (AvgIpc) is 2.49. The lowest BCUT2D eigenvalue weighted by atomic mass is 9.70. The number of ether oxygens (including phenoxy) is 1. The molecule has 3 nitrogen and oxygen atoms in total. The Morgan fingerprint density at radius 1 is 1.14 bits per heavy atom. The third kappa shape index (κ3) is 6.96. The first-order chi connectivity index (χ1) is 10.2. The van der Waals surface area contributed by atoms with Gasteiger partial charge >= 0.3 is 7.05 Å². The van der Waals surface area contributed by atoms with Gasteiger partial charge in [-0.2, -0.15) is 0 Å². The topological polar surface area (TPSA) is 21.7 Å². The highest BCUT2D eigenvalue weighted by Gasteiger charge is 2.27. The molecule has 0 aliphatic heterocycles. The van der Waals surface area contributed by atoms with Gasteiger partial charge in [-0.15, -0.1) is 0 Å². The van der Waals surface area contributed by atoms with Crippen LogP contribution in [0.15, 0.2) is 28.7 Å². The molecule has 1 aromatic carbocycles. The van der Waals surface area contributed by atoms with Gasteiger partial charge < -0.3 is 14.2 Å². The molecular weight excluding hydrogens is 329 g/mol. The molecule has 0 heterocycles. The Kier molecular flexibility index (Phi) is 10.0. The Bertz CT molecular complexity index is 384. The average molecular weight is 356 g/mol. The molecule has 0 saturated carbocycles. The first-order valence-corrected chi connectivity index (χ1v) is 8.62. The standard InChI is InChI=1S/C16H27BBrNO2/c1-4-6-10-19(11-13-20-3)17(21-12-5-2)15-8-7-9-16(18)14-15/h7-9,14H,4-6,10-13H2,1-3H3. The molecule has 1 rings (SSSR count). The highest BCUT2D eigenvalue weighted by molar-refractivity contribution is 9.10. The van der Waals surface area contributed by atoms with Crippen LogP contribution in [0.3, 0.4) is 0 Å². The van der Waals surface area contributed by atoms with Crippen molar-refractivity contribution in [1.82, 2.24) is 4.81 Å². The molecule has 0 fully saturated rings. The van der Waals surface area contributed by atoms with Crippen molar-refractivity contribution < 1.29 is 9.39 Å². The predicted molar refractivity (Wildman–Crippen MR) is 94.1 cm³/mol.